The Morgan fingerprint density at radius 3 is 2.50 bits per heavy atom. The number of nitrogens with two attached hydrogens (primary N) is 1. The first-order valence-corrected chi connectivity index (χ1v) is 6.59. The summed E-state index contributed by atoms with van der Waals surface area (Å²) in [4.78, 5) is 18.9. The van der Waals surface area contributed by atoms with Gasteiger partial charge in [-0.15, -0.1) is 0 Å². The summed E-state index contributed by atoms with van der Waals surface area (Å²) < 4.78 is 0. The lowest BCUT2D eigenvalue weighted by molar-refractivity contribution is 0.418. The number of nitrogens with zero attached hydrogens (tertiary/aromatic N) is 1. The molecule has 5 heteroatoms. The zero-order valence-corrected chi connectivity index (χ0v) is 10.9. The minimum Gasteiger partial charge on any atom is -0.493 e. The van der Waals surface area contributed by atoms with Crippen LogP contribution in [0, 0.1) is 5.92 Å². The molecule has 0 aromatic carbocycles. The number of rotatable bonds is 3. The van der Waals surface area contributed by atoms with E-state index in [1.165, 1.54) is 0 Å². The van der Waals surface area contributed by atoms with E-state index in [0.29, 0.717) is 11.4 Å². The molecule has 0 saturated heterocycles. The molecule has 0 aliphatic heterocycles. The lowest BCUT2D eigenvalue weighted by Gasteiger charge is -2.16. The molecule has 0 amide bonds. The van der Waals surface area contributed by atoms with Crippen LogP contribution in [0.5, 0.6) is 5.88 Å². The fourth-order valence-electron chi connectivity index (χ4n) is 2.54. The maximum Gasteiger partial charge on any atom is 0.258 e. The van der Waals surface area contributed by atoms with Crippen LogP contribution in [0.2, 0.25) is 0 Å². The molecule has 100 valence electrons. The lowest BCUT2D eigenvalue weighted by atomic mass is 9.99. The highest BCUT2D eigenvalue weighted by molar-refractivity contribution is 5.28. The van der Waals surface area contributed by atoms with Gasteiger partial charge >= 0.3 is 0 Å². The Bertz CT molecular complexity index is 476. The second-order valence-electron chi connectivity index (χ2n) is 5.44. The van der Waals surface area contributed by atoms with Gasteiger partial charge in [-0.1, -0.05) is 26.7 Å². The van der Waals surface area contributed by atoms with Crippen molar-refractivity contribution in [3.8, 4) is 5.88 Å². The maximum atomic E-state index is 12.1. The van der Waals surface area contributed by atoms with Gasteiger partial charge in [-0.3, -0.25) is 4.79 Å². The molecule has 1 fully saturated rings. The van der Waals surface area contributed by atoms with E-state index in [2.05, 4.69) is 9.97 Å². The van der Waals surface area contributed by atoms with E-state index >= 15 is 0 Å². The summed E-state index contributed by atoms with van der Waals surface area (Å²) in [7, 11) is 0. The highest BCUT2D eigenvalue weighted by Gasteiger charge is 2.25. The van der Waals surface area contributed by atoms with Crippen LogP contribution in [0.25, 0.3) is 0 Å². The number of hydrogen-bond donors (Lipinski definition) is 3. The number of nitrogens with one attached hydrogen (secondary N) is 1. The third kappa shape index (κ3) is 2.41. The first-order valence-electron chi connectivity index (χ1n) is 6.59. The van der Waals surface area contributed by atoms with Gasteiger partial charge in [0.2, 0.25) is 5.88 Å². The number of aromatic nitrogens is 2. The Morgan fingerprint density at radius 2 is 2.00 bits per heavy atom. The Balaban J connectivity index is 2.38. The molecular formula is C13H21N3O2. The van der Waals surface area contributed by atoms with Crippen LogP contribution in [0.15, 0.2) is 4.79 Å². The molecular weight excluding hydrogens is 230 g/mol. The Morgan fingerprint density at radius 1 is 1.39 bits per heavy atom. The fraction of sp³-hybridized carbons (Fsp3) is 0.692. The van der Waals surface area contributed by atoms with Crippen molar-refractivity contribution in [3.05, 3.63) is 21.7 Å². The SMILES string of the molecule is CC(C)C(N)c1nc(O)c(C2CCCC2)c(=O)[nH]1. The van der Waals surface area contributed by atoms with E-state index in [1.54, 1.807) is 0 Å². The van der Waals surface area contributed by atoms with E-state index in [0.717, 1.165) is 25.7 Å². The number of H-pyrrole nitrogens is 1. The summed E-state index contributed by atoms with van der Waals surface area (Å²) in [5, 5.41) is 9.98. The Hall–Kier alpha value is -1.36. The average molecular weight is 251 g/mol. The molecule has 1 atom stereocenters. The molecule has 1 aromatic rings. The van der Waals surface area contributed by atoms with Gasteiger partial charge in [0.05, 0.1) is 11.6 Å². The van der Waals surface area contributed by atoms with Gasteiger partial charge in [-0.25, -0.2) is 0 Å². The standard InChI is InChI=1S/C13H21N3O2/c1-7(2)10(14)11-15-12(17)9(13(18)16-11)8-5-3-4-6-8/h7-8,10H,3-6,14H2,1-2H3,(H2,15,16,17,18). The van der Waals surface area contributed by atoms with Crippen LogP contribution in [0.4, 0.5) is 0 Å². The van der Waals surface area contributed by atoms with Crippen molar-refractivity contribution in [1.82, 2.24) is 9.97 Å². The highest BCUT2D eigenvalue weighted by Crippen LogP contribution is 2.35. The lowest BCUT2D eigenvalue weighted by Crippen LogP contribution is -2.26. The summed E-state index contributed by atoms with van der Waals surface area (Å²) >= 11 is 0. The van der Waals surface area contributed by atoms with Crippen LogP contribution in [0.1, 0.15) is 62.9 Å². The zero-order valence-electron chi connectivity index (χ0n) is 10.9. The predicted molar refractivity (Wildman–Crippen MR) is 69.5 cm³/mol. The minimum atomic E-state index is -0.360. The Kier molecular flexibility index (Phi) is 3.71. The smallest absolute Gasteiger partial charge is 0.258 e. The van der Waals surface area contributed by atoms with Crippen molar-refractivity contribution < 1.29 is 5.11 Å². The molecule has 1 aliphatic carbocycles. The van der Waals surface area contributed by atoms with Crippen molar-refractivity contribution in [1.29, 1.82) is 0 Å². The van der Waals surface area contributed by atoms with Crippen molar-refractivity contribution in [2.75, 3.05) is 0 Å². The number of hydrogen-bond acceptors (Lipinski definition) is 4. The second-order valence-corrected chi connectivity index (χ2v) is 5.44. The first-order chi connectivity index (χ1) is 8.50. The van der Waals surface area contributed by atoms with E-state index in [-0.39, 0.29) is 29.3 Å². The Labute approximate surface area is 106 Å². The van der Waals surface area contributed by atoms with Crippen molar-refractivity contribution >= 4 is 0 Å². The van der Waals surface area contributed by atoms with Gasteiger partial charge in [0, 0.05) is 0 Å². The van der Waals surface area contributed by atoms with Crippen LogP contribution in [-0.4, -0.2) is 15.1 Å². The normalized spacial score (nSPS) is 18.4. The molecule has 18 heavy (non-hydrogen) atoms. The molecule has 5 nitrogen and oxygen atoms in total. The van der Waals surface area contributed by atoms with Crippen LogP contribution in [0.3, 0.4) is 0 Å². The molecule has 1 aromatic heterocycles. The van der Waals surface area contributed by atoms with Crippen LogP contribution < -0.4 is 11.3 Å². The number of aromatic amines is 1. The molecule has 1 saturated carbocycles. The third-order valence-electron chi connectivity index (χ3n) is 3.75. The topological polar surface area (TPSA) is 92.0 Å². The van der Waals surface area contributed by atoms with Gasteiger partial charge in [-0.05, 0) is 24.7 Å². The monoisotopic (exact) mass is 251 g/mol. The molecule has 1 aliphatic rings. The van der Waals surface area contributed by atoms with Crippen molar-refractivity contribution in [2.45, 2.75) is 51.5 Å². The van der Waals surface area contributed by atoms with Gasteiger partial charge in [-0.2, -0.15) is 4.98 Å². The molecule has 2 rings (SSSR count). The van der Waals surface area contributed by atoms with Crippen molar-refractivity contribution in [2.24, 2.45) is 11.7 Å². The molecule has 0 radical (unpaired) electrons. The average Bonchev–Trinajstić information content (AvgIpc) is 2.80. The quantitative estimate of drug-likeness (QED) is 0.763. The van der Waals surface area contributed by atoms with Crippen LogP contribution in [-0.2, 0) is 0 Å². The maximum absolute atomic E-state index is 12.1. The van der Waals surface area contributed by atoms with Crippen molar-refractivity contribution in [3.63, 3.8) is 0 Å². The third-order valence-corrected chi connectivity index (χ3v) is 3.75. The van der Waals surface area contributed by atoms with E-state index in [1.807, 2.05) is 13.8 Å². The molecule has 0 spiro atoms. The summed E-state index contributed by atoms with van der Waals surface area (Å²) in [6.45, 7) is 3.90. The summed E-state index contributed by atoms with van der Waals surface area (Å²) in [5.41, 5.74) is 6.14. The molecule has 1 unspecified atom stereocenters. The van der Waals surface area contributed by atoms with E-state index < -0.39 is 0 Å². The molecule has 1 heterocycles. The number of aromatic hydroxyl groups is 1. The molecule has 0 bridgehead atoms. The summed E-state index contributed by atoms with van der Waals surface area (Å²) in [6, 6.07) is -0.360. The summed E-state index contributed by atoms with van der Waals surface area (Å²) in [5.74, 6) is 0.529. The van der Waals surface area contributed by atoms with Gasteiger partial charge in [0.1, 0.15) is 5.82 Å². The largest absolute Gasteiger partial charge is 0.493 e. The predicted octanol–water partition coefficient (Wildman–Crippen LogP) is 1.79. The molecule has 4 N–H and O–H groups in total. The van der Waals surface area contributed by atoms with E-state index in [9.17, 15) is 9.90 Å². The van der Waals surface area contributed by atoms with E-state index in [4.69, 9.17) is 5.73 Å². The van der Waals surface area contributed by atoms with Gasteiger partial charge < -0.3 is 15.8 Å². The second kappa shape index (κ2) is 5.10. The first kappa shape index (κ1) is 13.1. The zero-order chi connectivity index (χ0) is 13.3. The fourth-order valence-corrected chi connectivity index (χ4v) is 2.54. The van der Waals surface area contributed by atoms with Gasteiger partial charge in [0.15, 0.2) is 0 Å². The van der Waals surface area contributed by atoms with Crippen LogP contribution >= 0.6 is 0 Å². The minimum absolute atomic E-state index is 0.142. The highest BCUT2D eigenvalue weighted by atomic mass is 16.3. The van der Waals surface area contributed by atoms with Gasteiger partial charge in [0.25, 0.3) is 5.56 Å². The summed E-state index contributed by atoms with van der Waals surface area (Å²) in [6.07, 6.45) is 4.12.